The molecule has 0 aliphatic carbocycles. The highest BCUT2D eigenvalue weighted by molar-refractivity contribution is 7.09. The van der Waals surface area contributed by atoms with Crippen LogP contribution in [0.25, 0.3) is 0 Å². The molecule has 2 aromatic rings. The van der Waals surface area contributed by atoms with Crippen molar-refractivity contribution in [1.82, 2.24) is 10.3 Å². The van der Waals surface area contributed by atoms with E-state index in [1.165, 1.54) is 5.56 Å². The van der Waals surface area contributed by atoms with E-state index in [2.05, 4.69) is 28.7 Å². The molecule has 0 spiro atoms. The zero-order valence-corrected chi connectivity index (χ0v) is 12.5. The lowest BCUT2D eigenvalue weighted by molar-refractivity contribution is -0.140. The normalized spacial score (nSPS) is 13.6. The molecule has 0 amide bonds. The summed E-state index contributed by atoms with van der Waals surface area (Å²) in [4.78, 5) is 3.61. The van der Waals surface area contributed by atoms with Crippen LogP contribution in [0.2, 0.25) is 0 Å². The summed E-state index contributed by atoms with van der Waals surface area (Å²) in [6.07, 6.45) is -2.89. The Kier molecular flexibility index (Phi) is 5.17. The highest BCUT2D eigenvalue weighted by atomic mass is 32.1. The molecule has 0 aromatic carbocycles. The van der Waals surface area contributed by atoms with Gasteiger partial charge in [-0.3, -0.25) is 0 Å². The van der Waals surface area contributed by atoms with Crippen molar-refractivity contribution in [3.63, 3.8) is 0 Å². The highest BCUT2D eigenvalue weighted by Gasteiger charge is 2.33. The number of thiophene rings is 1. The number of hydrogen-bond donors (Lipinski definition) is 1. The molecule has 1 atom stereocenters. The Labute approximate surface area is 123 Å². The lowest BCUT2D eigenvalue weighted by atomic mass is 10.1. The zero-order valence-electron chi connectivity index (χ0n) is 10.9. The number of halogens is 3. The number of rotatable bonds is 6. The minimum Gasteiger partial charge on any atom is -0.314 e. The first-order chi connectivity index (χ1) is 9.45. The van der Waals surface area contributed by atoms with E-state index in [0.717, 1.165) is 23.1 Å². The van der Waals surface area contributed by atoms with E-state index in [0.29, 0.717) is 24.0 Å². The summed E-state index contributed by atoms with van der Waals surface area (Å²) in [5, 5.41) is 9.05. The molecule has 0 saturated carbocycles. The van der Waals surface area contributed by atoms with Gasteiger partial charge < -0.3 is 5.32 Å². The van der Waals surface area contributed by atoms with Crippen LogP contribution in [0, 0.1) is 0 Å². The fourth-order valence-electron chi connectivity index (χ4n) is 1.82. The molecule has 2 aromatic heterocycles. The molecule has 1 N–H and O–H groups in total. The van der Waals surface area contributed by atoms with Gasteiger partial charge >= 0.3 is 6.18 Å². The van der Waals surface area contributed by atoms with E-state index < -0.39 is 11.9 Å². The summed E-state index contributed by atoms with van der Waals surface area (Å²) in [6, 6.07) is 2.38. The third-order valence-electron chi connectivity index (χ3n) is 2.80. The van der Waals surface area contributed by atoms with Gasteiger partial charge in [-0.2, -0.15) is 24.5 Å². The summed E-state index contributed by atoms with van der Waals surface area (Å²) >= 11 is 2.73. The minimum atomic E-state index is -4.34. The quantitative estimate of drug-likeness (QED) is 0.870. The van der Waals surface area contributed by atoms with Crippen LogP contribution in [-0.2, 0) is 19.0 Å². The fourth-order valence-corrected chi connectivity index (χ4v) is 3.30. The Morgan fingerprint density at radius 1 is 1.35 bits per heavy atom. The van der Waals surface area contributed by atoms with E-state index in [4.69, 9.17) is 0 Å². The van der Waals surface area contributed by atoms with Crippen molar-refractivity contribution in [1.29, 1.82) is 0 Å². The molecule has 0 radical (unpaired) electrons. The minimum absolute atomic E-state index is 0.298. The average Bonchev–Trinajstić information content (AvgIpc) is 2.98. The number of thiazole rings is 1. The molecular formula is C13H15F3N2S2. The van der Waals surface area contributed by atoms with Crippen LogP contribution in [0.5, 0.6) is 0 Å². The van der Waals surface area contributed by atoms with Crippen molar-refractivity contribution >= 4 is 22.7 Å². The maximum absolute atomic E-state index is 12.4. The van der Waals surface area contributed by atoms with Crippen molar-refractivity contribution in [2.45, 2.75) is 32.0 Å². The van der Waals surface area contributed by atoms with Crippen LogP contribution in [0.15, 0.2) is 22.2 Å². The number of alkyl halides is 3. The van der Waals surface area contributed by atoms with Gasteiger partial charge in [-0.1, -0.05) is 0 Å². The summed E-state index contributed by atoms with van der Waals surface area (Å²) in [5.74, 6) is 0. The largest absolute Gasteiger partial charge is 0.434 e. The number of aromatic nitrogens is 1. The molecule has 2 rings (SSSR count). The molecule has 2 nitrogen and oxygen atoms in total. The zero-order chi connectivity index (χ0) is 14.6. The van der Waals surface area contributed by atoms with E-state index in [1.807, 2.05) is 5.38 Å². The molecule has 7 heteroatoms. The van der Waals surface area contributed by atoms with Crippen molar-refractivity contribution in [3.05, 3.63) is 38.5 Å². The highest BCUT2D eigenvalue weighted by Crippen LogP contribution is 2.29. The van der Waals surface area contributed by atoms with Gasteiger partial charge in [0.05, 0.1) is 5.01 Å². The summed E-state index contributed by atoms with van der Waals surface area (Å²) in [7, 11) is 0. The van der Waals surface area contributed by atoms with Crippen LogP contribution >= 0.6 is 22.7 Å². The molecule has 110 valence electrons. The standard InChI is InChI=1S/C13H15F3N2S2/c1-9(6-10-3-5-19-7-10)17-4-2-12-18-11(8-20-12)13(14,15)16/h3,5,7-9,17H,2,4,6H2,1H3/t9-/m1/s1. The molecule has 0 aliphatic heterocycles. The third-order valence-corrected chi connectivity index (χ3v) is 4.44. The number of hydrogen-bond acceptors (Lipinski definition) is 4. The Morgan fingerprint density at radius 2 is 2.15 bits per heavy atom. The predicted octanol–water partition coefficient (Wildman–Crippen LogP) is 3.99. The first-order valence-electron chi connectivity index (χ1n) is 6.21. The topological polar surface area (TPSA) is 24.9 Å². The Morgan fingerprint density at radius 3 is 2.75 bits per heavy atom. The van der Waals surface area contributed by atoms with Crippen LogP contribution in [0.1, 0.15) is 23.2 Å². The third kappa shape index (κ3) is 4.57. The molecule has 20 heavy (non-hydrogen) atoms. The van der Waals surface area contributed by atoms with Crippen molar-refractivity contribution in [3.8, 4) is 0 Å². The van der Waals surface area contributed by atoms with E-state index in [9.17, 15) is 13.2 Å². The molecule has 2 heterocycles. The van der Waals surface area contributed by atoms with Gasteiger partial charge in [0.25, 0.3) is 0 Å². The predicted molar refractivity (Wildman–Crippen MR) is 76.3 cm³/mol. The van der Waals surface area contributed by atoms with Gasteiger partial charge in [0.15, 0.2) is 5.69 Å². The monoisotopic (exact) mass is 320 g/mol. The molecule has 0 fully saturated rings. The number of nitrogens with one attached hydrogen (secondary N) is 1. The first kappa shape index (κ1) is 15.5. The van der Waals surface area contributed by atoms with E-state index in [-0.39, 0.29) is 0 Å². The van der Waals surface area contributed by atoms with Crippen LogP contribution in [0.4, 0.5) is 13.2 Å². The Hall–Kier alpha value is -0.920. The van der Waals surface area contributed by atoms with Gasteiger partial charge in [-0.15, -0.1) is 11.3 Å². The number of nitrogens with zero attached hydrogens (tertiary/aromatic N) is 1. The van der Waals surface area contributed by atoms with Crippen molar-refractivity contribution < 1.29 is 13.2 Å². The second-order valence-electron chi connectivity index (χ2n) is 4.57. The van der Waals surface area contributed by atoms with Crippen LogP contribution in [-0.4, -0.2) is 17.6 Å². The molecule has 0 aliphatic rings. The Balaban J connectivity index is 1.74. The van der Waals surface area contributed by atoms with Crippen molar-refractivity contribution in [2.24, 2.45) is 0 Å². The van der Waals surface area contributed by atoms with Gasteiger partial charge in [0, 0.05) is 24.4 Å². The smallest absolute Gasteiger partial charge is 0.314 e. The van der Waals surface area contributed by atoms with Gasteiger partial charge in [-0.25, -0.2) is 4.98 Å². The summed E-state index contributed by atoms with van der Waals surface area (Å²) < 4.78 is 37.2. The van der Waals surface area contributed by atoms with Crippen LogP contribution < -0.4 is 5.32 Å². The molecule has 0 unspecified atom stereocenters. The van der Waals surface area contributed by atoms with Crippen LogP contribution in [0.3, 0.4) is 0 Å². The SMILES string of the molecule is C[C@H](Cc1ccsc1)NCCc1nc(C(F)(F)F)cs1. The molecule has 0 bridgehead atoms. The summed E-state index contributed by atoms with van der Waals surface area (Å²) in [5.41, 5.74) is 0.493. The van der Waals surface area contributed by atoms with E-state index in [1.54, 1.807) is 11.3 Å². The maximum atomic E-state index is 12.4. The Bertz CT molecular complexity index is 520. The van der Waals surface area contributed by atoms with Gasteiger partial charge in [0.2, 0.25) is 0 Å². The van der Waals surface area contributed by atoms with Gasteiger partial charge in [-0.05, 0) is 35.7 Å². The first-order valence-corrected chi connectivity index (χ1v) is 8.03. The maximum Gasteiger partial charge on any atom is 0.434 e. The molecule has 0 saturated heterocycles. The van der Waals surface area contributed by atoms with E-state index >= 15 is 0 Å². The summed E-state index contributed by atoms with van der Waals surface area (Å²) in [6.45, 7) is 2.71. The second-order valence-corrected chi connectivity index (χ2v) is 6.29. The average molecular weight is 320 g/mol. The second kappa shape index (κ2) is 6.69. The molecular weight excluding hydrogens is 305 g/mol. The van der Waals surface area contributed by atoms with Crippen molar-refractivity contribution in [2.75, 3.05) is 6.54 Å². The lowest BCUT2D eigenvalue weighted by Gasteiger charge is -2.12. The fraction of sp³-hybridized carbons (Fsp3) is 0.462. The lowest BCUT2D eigenvalue weighted by Crippen LogP contribution is -2.29. The van der Waals surface area contributed by atoms with Gasteiger partial charge in [0.1, 0.15) is 0 Å².